The van der Waals surface area contributed by atoms with E-state index in [1.807, 2.05) is 4.90 Å². The number of halogens is 2. The van der Waals surface area contributed by atoms with Crippen molar-refractivity contribution in [3.8, 4) is 0 Å². The number of carbonyl (C=O) groups is 2. The average molecular weight is 387 g/mol. The highest BCUT2D eigenvalue weighted by molar-refractivity contribution is 7.99. The minimum absolute atomic E-state index is 0.177. The van der Waals surface area contributed by atoms with Gasteiger partial charge in [-0.15, -0.1) is 0 Å². The largest absolute Gasteiger partial charge is 0.450 e. The number of ether oxygens (including phenoxy) is 1. The van der Waals surface area contributed by atoms with Gasteiger partial charge in [-0.05, 0) is 38.1 Å². The van der Waals surface area contributed by atoms with E-state index in [9.17, 15) is 18.4 Å². The van der Waals surface area contributed by atoms with Crippen LogP contribution in [0.5, 0.6) is 0 Å². The molecule has 1 aromatic rings. The maximum atomic E-state index is 12.4. The molecule has 1 atom stereocenters. The summed E-state index contributed by atoms with van der Waals surface area (Å²) < 4.78 is 29.6. The van der Waals surface area contributed by atoms with Crippen molar-refractivity contribution in [2.75, 3.05) is 38.1 Å². The molecule has 1 saturated heterocycles. The molecule has 6 nitrogen and oxygen atoms in total. The van der Waals surface area contributed by atoms with Crippen molar-refractivity contribution in [3.05, 3.63) is 24.3 Å². The van der Waals surface area contributed by atoms with E-state index < -0.39 is 5.76 Å². The van der Waals surface area contributed by atoms with Gasteiger partial charge in [0.25, 0.3) is 5.76 Å². The van der Waals surface area contributed by atoms with E-state index in [0.717, 1.165) is 0 Å². The Morgan fingerprint density at radius 3 is 2.35 bits per heavy atom. The molecule has 1 fully saturated rings. The number of rotatable bonds is 6. The lowest BCUT2D eigenvalue weighted by atomic mass is 10.2. The molecule has 0 bridgehead atoms. The SMILES string of the molecule is CCOC(=O)N1CCN([C@@H](C)C(=O)Nc2ccc(SC(F)F)cc2)CC1. The summed E-state index contributed by atoms with van der Waals surface area (Å²) in [5.41, 5.74) is 0.561. The number of piperazine rings is 1. The van der Waals surface area contributed by atoms with Crippen molar-refractivity contribution < 1.29 is 23.1 Å². The average Bonchev–Trinajstić information content (AvgIpc) is 2.62. The van der Waals surface area contributed by atoms with E-state index >= 15 is 0 Å². The first-order valence-electron chi connectivity index (χ1n) is 8.42. The van der Waals surface area contributed by atoms with Crippen LogP contribution in [-0.2, 0) is 9.53 Å². The topological polar surface area (TPSA) is 61.9 Å². The Labute approximate surface area is 155 Å². The molecular formula is C17H23F2N3O3S. The summed E-state index contributed by atoms with van der Waals surface area (Å²) in [7, 11) is 0. The van der Waals surface area contributed by atoms with E-state index in [-0.39, 0.29) is 18.0 Å². The number of alkyl halides is 2. The van der Waals surface area contributed by atoms with Crippen LogP contribution in [0.25, 0.3) is 0 Å². The number of nitrogens with one attached hydrogen (secondary N) is 1. The minimum atomic E-state index is -2.47. The summed E-state index contributed by atoms with van der Waals surface area (Å²) in [4.78, 5) is 28.2. The lowest BCUT2D eigenvalue weighted by Crippen LogP contribution is -2.54. The van der Waals surface area contributed by atoms with Gasteiger partial charge in [-0.25, -0.2) is 4.79 Å². The lowest BCUT2D eigenvalue weighted by Gasteiger charge is -2.36. The van der Waals surface area contributed by atoms with Crippen LogP contribution in [-0.4, -0.2) is 66.4 Å². The zero-order valence-electron chi connectivity index (χ0n) is 14.8. The van der Waals surface area contributed by atoms with Gasteiger partial charge < -0.3 is 15.0 Å². The molecule has 1 aliphatic rings. The smallest absolute Gasteiger partial charge is 0.409 e. The Morgan fingerprint density at radius 2 is 1.81 bits per heavy atom. The number of benzene rings is 1. The number of thioether (sulfide) groups is 1. The van der Waals surface area contributed by atoms with Gasteiger partial charge in [-0.1, -0.05) is 11.8 Å². The maximum absolute atomic E-state index is 12.4. The van der Waals surface area contributed by atoms with E-state index in [1.165, 1.54) is 0 Å². The van der Waals surface area contributed by atoms with Crippen LogP contribution in [0.15, 0.2) is 29.2 Å². The molecule has 26 heavy (non-hydrogen) atoms. The third kappa shape index (κ3) is 5.84. The van der Waals surface area contributed by atoms with Crippen LogP contribution in [0.1, 0.15) is 13.8 Å². The van der Waals surface area contributed by atoms with Crippen molar-refractivity contribution in [2.45, 2.75) is 30.5 Å². The van der Waals surface area contributed by atoms with Gasteiger partial charge in [0.1, 0.15) is 0 Å². The minimum Gasteiger partial charge on any atom is -0.450 e. The van der Waals surface area contributed by atoms with Crippen molar-refractivity contribution in [2.24, 2.45) is 0 Å². The number of anilines is 1. The molecule has 0 aliphatic carbocycles. The highest BCUT2D eigenvalue weighted by Crippen LogP contribution is 2.26. The molecule has 1 heterocycles. The van der Waals surface area contributed by atoms with Crippen LogP contribution < -0.4 is 5.32 Å². The normalized spacial score (nSPS) is 16.4. The fourth-order valence-electron chi connectivity index (χ4n) is 2.64. The standard InChI is InChI=1S/C17H23F2N3O3S/c1-3-25-17(24)22-10-8-21(9-11-22)12(2)15(23)20-13-4-6-14(7-5-13)26-16(18)19/h4-7,12,16H,3,8-11H2,1-2H3,(H,20,23)/t12-/m0/s1. The first-order chi connectivity index (χ1) is 12.4. The van der Waals surface area contributed by atoms with Crippen molar-refractivity contribution in [3.63, 3.8) is 0 Å². The Kier molecular flexibility index (Phi) is 7.65. The third-order valence-electron chi connectivity index (χ3n) is 4.11. The Balaban J connectivity index is 1.83. The maximum Gasteiger partial charge on any atom is 0.409 e. The number of hydrogen-bond acceptors (Lipinski definition) is 5. The molecule has 144 valence electrons. The molecule has 1 N–H and O–H groups in total. The first-order valence-corrected chi connectivity index (χ1v) is 9.30. The second-order valence-corrected chi connectivity index (χ2v) is 6.85. The predicted molar refractivity (Wildman–Crippen MR) is 96.6 cm³/mol. The predicted octanol–water partition coefficient (Wildman–Crippen LogP) is 3.10. The summed E-state index contributed by atoms with van der Waals surface area (Å²) in [6.07, 6.45) is -0.328. The molecule has 1 aliphatic heterocycles. The molecule has 2 amide bonds. The van der Waals surface area contributed by atoms with Crippen LogP contribution >= 0.6 is 11.8 Å². The third-order valence-corrected chi connectivity index (χ3v) is 4.84. The lowest BCUT2D eigenvalue weighted by molar-refractivity contribution is -0.121. The zero-order valence-corrected chi connectivity index (χ0v) is 15.6. The summed E-state index contributed by atoms with van der Waals surface area (Å²) in [6, 6.07) is 5.95. The fourth-order valence-corrected chi connectivity index (χ4v) is 3.14. The van der Waals surface area contributed by atoms with Crippen LogP contribution in [0.4, 0.5) is 19.3 Å². The molecule has 0 spiro atoms. The Bertz CT molecular complexity index is 608. The Morgan fingerprint density at radius 1 is 1.19 bits per heavy atom. The van der Waals surface area contributed by atoms with Gasteiger partial charge in [0.15, 0.2) is 0 Å². The van der Waals surface area contributed by atoms with Gasteiger partial charge in [-0.3, -0.25) is 9.69 Å². The van der Waals surface area contributed by atoms with E-state index in [1.54, 1.807) is 43.0 Å². The van der Waals surface area contributed by atoms with E-state index in [2.05, 4.69) is 5.32 Å². The number of carbonyl (C=O) groups excluding carboxylic acids is 2. The molecule has 2 rings (SSSR count). The van der Waals surface area contributed by atoms with Crippen LogP contribution in [0, 0.1) is 0 Å². The van der Waals surface area contributed by atoms with Crippen molar-refractivity contribution >= 4 is 29.4 Å². The highest BCUT2D eigenvalue weighted by atomic mass is 32.2. The van der Waals surface area contributed by atoms with Crippen LogP contribution in [0.3, 0.4) is 0 Å². The summed E-state index contributed by atoms with van der Waals surface area (Å²) in [5.74, 6) is -2.65. The number of hydrogen-bond donors (Lipinski definition) is 1. The molecule has 0 unspecified atom stereocenters. The Hall–Kier alpha value is -1.87. The quantitative estimate of drug-likeness (QED) is 0.760. The second-order valence-electron chi connectivity index (χ2n) is 5.79. The molecule has 0 radical (unpaired) electrons. The van der Waals surface area contributed by atoms with E-state index in [0.29, 0.717) is 55.1 Å². The van der Waals surface area contributed by atoms with Gasteiger partial charge >= 0.3 is 6.09 Å². The van der Waals surface area contributed by atoms with Crippen molar-refractivity contribution in [1.29, 1.82) is 0 Å². The number of nitrogens with zero attached hydrogens (tertiary/aromatic N) is 2. The zero-order chi connectivity index (χ0) is 19.1. The number of amides is 2. The summed E-state index contributed by atoms with van der Waals surface area (Å²) >= 11 is 0.464. The van der Waals surface area contributed by atoms with E-state index in [4.69, 9.17) is 4.74 Å². The first kappa shape index (κ1) is 20.4. The molecule has 0 saturated carbocycles. The second kappa shape index (κ2) is 9.72. The highest BCUT2D eigenvalue weighted by Gasteiger charge is 2.28. The molecule has 0 aromatic heterocycles. The van der Waals surface area contributed by atoms with Gasteiger partial charge in [0.05, 0.1) is 12.6 Å². The van der Waals surface area contributed by atoms with Crippen molar-refractivity contribution in [1.82, 2.24) is 9.80 Å². The molecule has 9 heteroatoms. The molecule has 1 aromatic carbocycles. The summed E-state index contributed by atoms with van der Waals surface area (Å²) in [5, 5.41) is 2.79. The summed E-state index contributed by atoms with van der Waals surface area (Å²) in [6.45, 7) is 6.09. The molecular weight excluding hydrogens is 364 g/mol. The van der Waals surface area contributed by atoms with Gasteiger partial charge in [0.2, 0.25) is 5.91 Å². The fraction of sp³-hybridized carbons (Fsp3) is 0.529. The van der Waals surface area contributed by atoms with Gasteiger partial charge in [0, 0.05) is 36.8 Å². The van der Waals surface area contributed by atoms with Crippen LogP contribution in [0.2, 0.25) is 0 Å². The monoisotopic (exact) mass is 387 g/mol. The van der Waals surface area contributed by atoms with Gasteiger partial charge in [-0.2, -0.15) is 8.78 Å².